The van der Waals surface area contributed by atoms with Crippen molar-refractivity contribution in [3.63, 3.8) is 0 Å². The van der Waals surface area contributed by atoms with Crippen LogP contribution in [-0.4, -0.2) is 36.5 Å². The van der Waals surface area contributed by atoms with Gasteiger partial charge < -0.3 is 14.6 Å². The predicted octanol–water partition coefficient (Wildman–Crippen LogP) is 3.01. The summed E-state index contributed by atoms with van der Waals surface area (Å²) < 4.78 is 11.2. The van der Waals surface area contributed by atoms with Gasteiger partial charge in [-0.3, -0.25) is 5.43 Å². The van der Waals surface area contributed by atoms with Gasteiger partial charge >= 0.3 is 5.97 Å². The largest absolute Gasteiger partial charge is 0.493 e. The molecule has 1 aromatic heterocycles. The summed E-state index contributed by atoms with van der Waals surface area (Å²) in [5, 5.41) is 12.9. The van der Waals surface area contributed by atoms with Gasteiger partial charge in [-0.25, -0.2) is 9.78 Å². The van der Waals surface area contributed by atoms with E-state index >= 15 is 0 Å². The lowest BCUT2D eigenvalue weighted by Crippen LogP contribution is -1.99. The average molecular weight is 380 g/mol. The highest BCUT2D eigenvalue weighted by Gasteiger charge is 2.09. The molecule has 0 aliphatic heterocycles. The number of pyridine rings is 1. The van der Waals surface area contributed by atoms with Crippen LogP contribution < -0.4 is 14.9 Å². The molecule has 2 N–H and O–H groups in total. The Morgan fingerprint density at radius 2 is 2.13 bits per heavy atom. The van der Waals surface area contributed by atoms with Gasteiger partial charge in [0.25, 0.3) is 0 Å². The second kappa shape index (κ2) is 7.59. The first-order chi connectivity index (χ1) is 11.0. The third kappa shape index (κ3) is 4.19. The van der Waals surface area contributed by atoms with Crippen LogP contribution in [0.25, 0.3) is 0 Å². The molecule has 23 heavy (non-hydrogen) atoms. The first-order valence-electron chi connectivity index (χ1n) is 6.45. The van der Waals surface area contributed by atoms with Gasteiger partial charge in [-0.05, 0) is 45.8 Å². The highest BCUT2D eigenvalue weighted by atomic mass is 79.9. The number of halogens is 1. The predicted molar refractivity (Wildman–Crippen MR) is 89.7 cm³/mol. The van der Waals surface area contributed by atoms with Crippen LogP contribution in [0.2, 0.25) is 0 Å². The number of nitrogens with one attached hydrogen (secondary N) is 1. The summed E-state index contributed by atoms with van der Waals surface area (Å²) in [5.74, 6) is 0.587. The van der Waals surface area contributed by atoms with Crippen LogP contribution in [0.5, 0.6) is 11.5 Å². The lowest BCUT2D eigenvalue weighted by molar-refractivity contribution is 0.0696. The summed E-state index contributed by atoms with van der Waals surface area (Å²) in [6.07, 6.45) is 2.84. The molecule has 0 atom stereocenters. The zero-order valence-electron chi connectivity index (χ0n) is 12.4. The van der Waals surface area contributed by atoms with Gasteiger partial charge in [-0.2, -0.15) is 5.10 Å². The summed E-state index contributed by atoms with van der Waals surface area (Å²) >= 11 is 3.40. The zero-order chi connectivity index (χ0) is 16.8. The smallest absolute Gasteiger partial charge is 0.337 e. The van der Waals surface area contributed by atoms with Gasteiger partial charge in [0.1, 0.15) is 5.82 Å². The summed E-state index contributed by atoms with van der Waals surface area (Å²) in [7, 11) is 3.11. The number of hydrogen-bond acceptors (Lipinski definition) is 6. The van der Waals surface area contributed by atoms with E-state index in [-0.39, 0.29) is 5.56 Å². The Balaban J connectivity index is 2.11. The molecule has 8 heteroatoms. The molecule has 0 radical (unpaired) electrons. The van der Waals surface area contributed by atoms with E-state index in [1.165, 1.54) is 18.3 Å². The molecule has 0 aliphatic carbocycles. The second-order valence-electron chi connectivity index (χ2n) is 4.35. The average Bonchev–Trinajstić information content (AvgIpc) is 2.54. The Kier molecular flexibility index (Phi) is 5.53. The number of aromatic carboxylic acids is 1. The van der Waals surface area contributed by atoms with Crippen LogP contribution in [-0.2, 0) is 0 Å². The van der Waals surface area contributed by atoms with Crippen molar-refractivity contribution in [3.05, 3.63) is 46.1 Å². The quantitative estimate of drug-likeness (QED) is 0.591. The number of anilines is 1. The maximum Gasteiger partial charge on any atom is 0.337 e. The minimum absolute atomic E-state index is 0.114. The van der Waals surface area contributed by atoms with E-state index in [4.69, 9.17) is 14.6 Å². The maximum atomic E-state index is 10.7. The number of benzene rings is 1. The Hall–Kier alpha value is -2.61. The fourth-order valence-electron chi connectivity index (χ4n) is 1.77. The molecule has 0 spiro atoms. The van der Waals surface area contributed by atoms with Crippen LogP contribution >= 0.6 is 15.9 Å². The van der Waals surface area contributed by atoms with Crippen LogP contribution in [0.3, 0.4) is 0 Å². The Labute approximate surface area is 141 Å². The summed E-state index contributed by atoms with van der Waals surface area (Å²) in [4.78, 5) is 14.7. The van der Waals surface area contributed by atoms with Crippen LogP contribution in [0, 0.1) is 0 Å². The molecule has 0 saturated heterocycles. The SMILES string of the molecule is COc1cc(/C=N/Nc2ccc(C(=O)O)cn2)cc(Br)c1OC. The molecule has 0 bridgehead atoms. The maximum absolute atomic E-state index is 10.7. The molecule has 0 saturated carbocycles. The van der Waals surface area contributed by atoms with Crippen LogP contribution in [0.15, 0.2) is 40.0 Å². The molecule has 1 aromatic carbocycles. The van der Waals surface area contributed by atoms with Crippen LogP contribution in [0.1, 0.15) is 15.9 Å². The van der Waals surface area contributed by atoms with Gasteiger partial charge in [-0.15, -0.1) is 0 Å². The molecule has 120 valence electrons. The normalized spacial score (nSPS) is 10.6. The Morgan fingerprint density at radius 3 is 2.70 bits per heavy atom. The third-order valence-electron chi connectivity index (χ3n) is 2.86. The molecule has 0 amide bonds. The number of nitrogens with zero attached hydrogens (tertiary/aromatic N) is 2. The molecule has 2 rings (SSSR count). The van der Waals surface area contributed by atoms with E-state index in [2.05, 4.69) is 31.4 Å². The van der Waals surface area contributed by atoms with Crippen molar-refractivity contribution >= 4 is 33.9 Å². The molecule has 1 heterocycles. The molecule has 0 unspecified atom stereocenters. The number of methoxy groups -OCH3 is 2. The number of ether oxygens (including phenoxy) is 2. The van der Waals surface area contributed by atoms with Gasteiger partial charge in [0.2, 0.25) is 0 Å². The summed E-state index contributed by atoms with van der Waals surface area (Å²) in [6.45, 7) is 0. The van der Waals surface area contributed by atoms with E-state index in [0.29, 0.717) is 17.3 Å². The minimum Gasteiger partial charge on any atom is -0.493 e. The number of hydrogen-bond donors (Lipinski definition) is 2. The van der Waals surface area contributed by atoms with E-state index in [1.54, 1.807) is 26.5 Å². The zero-order valence-corrected chi connectivity index (χ0v) is 14.0. The van der Waals surface area contributed by atoms with E-state index in [9.17, 15) is 4.79 Å². The van der Waals surface area contributed by atoms with Crippen molar-refractivity contribution in [2.24, 2.45) is 5.10 Å². The van der Waals surface area contributed by atoms with Crippen molar-refractivity contribution in [2.45, 2.75) is 0 Å². The topological polar surface area (TPSA) is 93.0 Å². The summed E-state index contributed by atoms with van der Waals surface area (Å²) in [6, 6.07) is 6.58. The van der Waals surface area contributed by atoms with Crippen molar-refractivity contribution in [1.82, 2.24) is 4.98 Å². The number of carboxylic acid groups (broad SMARTS) is 1. The molecular formula is C15H14BrN3O4. The van der Waals surface area contributed by atoms with Crippen LogP contribution in [0.4, 0.5) is 5.82 Å². The minimum atomic E-state index is -1.03. The standard InChI is InChI=1S/C15H14BrN3O4/c1-22-12-6-9(5-11(16)14(12)23-2)7-18-19-13-4-3-10(8-17-13)15(20)21/h3-8H,1-2H3,(H,17,19)(H,20,21)/b18-7+. The first kappa shape index (κ1) is 16.8. The van der Waals surface area contributed by atoms with Crippen molar-refractivity contribution in [1.29, 1.82) is 0 Å². The highest BCUT2D eigenvalue weighted by molar-refractivity contribution is 9.10. The number of carboxylic acids is 1. The fraction of sp³-hybridized carbons (Fsp3) is 0.133. The van der Waals surface area contributed by atoms with E-state index < -0.39 is 5.97 Å². The molecular weight excluding hydrogens is 366 g/mol. The Bertz CT molecular complexity index is 732. The number of rotatable bonds is 6. The molecule has 7 nitrogen and oxygen atoms in total. The fourth-order valence-corrected chi connectivity index (χ4v) is 2.39. The van der Waals surface area contributed by atoms with E-state index in [0.717, 1.165) is 10.0 Å². The summed E-state index contributed by atoms with van der Waals surface area (Å²) in [5.41, 5.74) is 3.62. The molecule has 0 aliphatic rings. The van der Waals surface area contributed by atoms with Crippen molar-refractivity contribution in [3.8, 4) is 11.5 Å². The van der Waals surface area contributed by atoms with Gasteiger partial charge in [0, 0.05) is 6.20 Å². The van der Waals surface area contributed by atoms with Crippen molar-refractivity contribution < 1.29 is 19.4 Å². The second-order valence-corrected chi connectivity index (χ2v) is 5.20. The number of aromatic nitrogens is 1. The lowest BCUT2D eigenvalue weighted by atomic mass is 10.2. The van der Waals surface area contributed by atoms with Gasteiger partial charge in [0.15, 0.2) is 11.5 Å². The number of hydrazone groups is 1. The van der Waals surface area contributed by atoms with Crippen molar-refractivity contribution in [2.75, 3.05) is 19.6 Å². The Morgan fingerprint density at radius 1 is 1.35 bits per heavy atom. The lowest BCUT2D eigenvalue weighted by Gasteiger charge is -2.10. The molecule has 0 fully saturated rings. The third-order valence-corrected chi connectivity index (χ3v) is 3.45. The van der Waals surface area contributed by atoms with E-state index in [1.807, 2.05) is 6.07 Å². The highest BCUT2D eigenvalue weighted by Crippen LogP contribution is 2.35. The monoisotopic (exact) mass is 379 g/mol. The first-order valence-corrected chi connectivity index (χ1v) is 7.24. The molecule has 2 aromatic rings. The van der Waals surface area contributed by atoms with Gasteiger partial charge in [0.05, 0.1) is 30.5 Å². The number of carbonyl (C=O) groups is 1. The van der Waals surface area contributed by atoms with Gasteiger partial charge in [-0.1, -0.05) is 0 Å².